The van der Waals surface area contributed by atoms with Crippen molar-refractivity contribution in [1.29, 1.82) is 0 Å². The van der Waals surface area contributed by atoms with Gasteiger partial charge in [0.05, 0.1) is 11.3 Å². The van der Waals surface area contributed by atoms with Crippen molar-refractivity contribution in [1.82, 2.24) is 4.98 Å². The topological polar surface area (TPSA) is 68.3 Å². The number of rotatable bonds is 5. The van der Waals surface area contributed by atoms with E-state index < -0.39 is 23.8 Å². The highest BCUT2D eigenvalue weighted by Crippen LogP contribution is 2.20. The third-order valence-corrected chi connectivity index (χ3v) is 3.49. The summed E-state index contributed by atoms with van der Waals surface area (Å²) in [5.41, 5.74) is 0.266. The van der Waals surface area contributed by atoms with Crippen LogP contribution in [0, 0.1) is 5.82 Å². The molecule has 7 heteroatoms. The third-order valence-electron chi connectivity index (χ3n) is 3.00. The second kappa shape index (κ2) is 7.82. The SMILES string of the molecule is CCC(OC(=O)c1cccnc1)C(=O)Nc1ccc(Br)cc1F. The van der Waals surface area contributed by atoms with Gasteiger partial charge in [-0.3, -0.25) is 9.78 Å². The number of esters is 1. The summed E-state index contributed by atoms with van der Waals surface area (Å²) in [6.45, 7) is 1.69. The van der Waals surface area contributed by atoms with E-state index in [1.165, 1.54) is 30.6 Å². The summed E-state index contributed by atoms with van der Waals surface area (Å²) in [7, 11) is 0. The fraction of sp³-hybridized carbons (Fsp3) is 0.188. The molecule has 0 aliphatic rings. The first-order valence-corrected chi connectivity index (χ1v) is 7.67. The normalized spacial score (nSPS) is 11.6. The molecule has 0 saturated heterocycles. The summed E-state index contributed by atoms with van der Waals surface area (Å²) in [5.74, 6) is -1.83. The van der Waals surface area contributed by atoms with Crippen LogP contribution in [0.4, 0.5) is 10.1 Å². The number of hydrogen-bond donors (Lipinski definition) is 1. The van der Waals surface area contributed by atoms with Crippen LogP contribution in [-0.2, 0) is 9.53 Å². The Labute approximate surface area is 141 Å². The van der Waals surface area contributed by atoms with Crippen molar-refractivity contribution in [3.63, 3.8) is 0 Å². The summed E-state index contributed by atoms with van der Waals surface area (Å²) in [4.78, 5) is 27.9. The van der Waals surface area contributed by atoms with Crippen molar-refractivity contribution in [2.75, 3.05) is 5.32 Å². The molecule has 120 valence electrons. The molecule has 1 aromatic heterocycles. The first-order chi connectivity index (χ1) is 11.0. The van der Waals surface area contributed by atoms with E-state index in [9.17, 15) is 14.0 Å². The number of anilines is 1. The minimum Gasteiger partial charge on any atom is -0.449 e. The van der Waals surface area contributed by atoms with Crippen LogP contribution in [0.25, 0.3) is 0 Å². The number of ether oxygens (including phenoxy) is 1. The molecular weight excluding hydrogens is 367 g/mol. The number of carbonyl (C=O) groups is 2. The molecule has 2 rings (SSSR count). The molecule has 0 saturated carbocycles. The summed E-state index contributed by atoms with van der Waals surface area (Å²) in [5, 5.41) is 2.42. The molecule has 1 unspecified atom stereocenters. The highest BCUT2D eigenvalue weighted by atomic mass is 79.9. The molecular formula is C16H14BrFN2O3. The summed E-state index contributed by atoms with van der Waals surface area (Å²) >= 11 is 3.14. The van der Waals surface area contributed by atoms with Crippen molar-refractivity contribution < 1.29 is 18.7 Å². The summed E-state index contributed by atoms with van der Waals surface area (Å²) in [6, 6.07) is 7.38. The molecule has 23 heavy (non-hydrogen) atoms. The van der Waals surface area contributed by atoms with E-state index in [2.05, 4.69) is 26.2 Å². The van der Waals surface area contributed by atoms with Crippen LogP contribution in [0.2, 0.25) is 0 Å². The van der Waals surface area contributed by atoms with E-state index in [-0.39, 0.29) is 17.7 Å². The van der Waals surface area contributed by atoms with Crippen LogP contribution in [0.3, 0.4) is 0 Å². The summed E-state index contributed by atoms with van der Waals surface area (Å²) in [6.07, 6.45) is 2.11. The Bertz CT molecular complexity index is 710. The van der Waals surface area contributed by atoms with Gasteiger partial charge in [0.25, 0.3) is 5.91 Å². The molecule has 1 aromatic carbocycles. The van der Waals surface area contributed by atoms with Gasteiger partial charge >= 0.3 is 5.97 Å². The number of hydrogen-bond acceptors (Lipinski definition) is 4. The zero-order valence-electron chi connectivity index (χ0n) is 12.3. The van der Waals surface area contributed by atoms with Gasteiger partial charge in [-0.1, -0.05) is 22.9 Å². The van der Waals surface area contributed by atoms with Crippen LogP contribution in [-0.4, -0.2) is 23.0 Å². The Morgan fingerprint density at radius 3 is 2.78 bits per heavy atom. The number of pyridine rings is 1. The van der Waals surface area contributed by atoms with Crippen molar-refractivity contribution in [2.24, 2.45) is 0 Å². The second-order valence-corrected chi connectivity index (χ2v) is 5.57. The maximum Gasteiger partial charge on any atom is 0.340 e. The lowest BCUT2D eigenvalue weighted by Gasteiger charge is -2.16. The fourth-order valence-corrected chi connectivity index (χ4v) is 2.14. The Balaban J connectivity index is 2.05. The molecule has 1 atom stereocenters. The molecule has 0 aliphatic carbocycles. The Hall–Kier alpha value is -2.28. The van der Waals surface area contributed by atoms with E-state index in [0.29, 0.717) is 4.47 Å². The van der Waals surface area contributed by atoms with Gasteiger partial charge in [0.2, 0.25) is 0 Å². The number of aromatic nitrogens is 1. The molecule has 2 aromatic rings. The van der Waals surface area contributed by atoms with Crippen LogP contribution >= 0.6 is 15.9 Å². The zero-order chi connectivity index (χ0) is 16.8. The van der Waals surface area contributed by atoms with Crippen molar-refractivity contribution in [3.8, 4) is 0 Å². The van der Waals surface area contributed by atoms with Crippen LogP contribution in [0.5, 0.6) is 0 Å². The molecule has 1 amide bonds. The predicted octanol–water partition coefficient (Wildman–Crippen LogP) is 3.56. The fourth-order valence-electron chi connectivity index (χ4n) is 1.81. The monoisotopic (exact) mass is 380 g/mol. The molecule has 1 heterocycles. The minimum atomic E-state index is -1.02. The van der Waals surface area contributed by atoms with Crippen LogP contribution < -0.4 is 5.32 Å². The molecule has 1 N–H and O–H groups in total. The van der Waals surface area contributed by atoms with Gasteiger partial charge in [-0.2, -0.15) is 0 Å². The van der Waals surface area contributed by atoms with Gasteiger partial charge in [0.1, 0.15) is 5.82 Å². The van der Waals surface area contributed by atoms with Crippen LogP contribution in [0.1, 0.15) is 23.7 Å². The van der Waals surface area contributed by atoms with Gasteiger partial charge in [-0.15, -0.1) is 0 Å². The van der Waals surface area contributed by atoms with E-state index in [4.69, 9.17) is 4.74 Å². The third kappa shape index (κ3) is 4.59. The molecule has 0 spiro atoms. The number of benzene rings is 1. The lowest BCUT2D eigenvalue weighted by Crippen LogP contribution is -2.32. The molecule has 0 fully saturated rings. The first kappa shape index (κ1) is 17.1. The van der Waals surface area contributed by atoms with Crippen molar-refractivity contribution in [2.45, 2.75) is 19.4 Å². The standard InChI is InChI=1S/C16H14BrFN2O3/c1-2-14(23-16(22)10-4-3-7-19-9-10)15(21)20-13-6-5-11(17)8-12(13)18/h3-9,14H,2H2,1H3,(H,20,21). The highest BCUT2D eigenvalue weighted by Gasteiger charge is 2.23. The number of nitrogens with zero attached hydrogens (tertiary/aromatic N) is 1. The van der Waals surface area contributed by atoms with Gasteiger partial charge < -0.3 is 10.1 Å². The second-order valence-electron chi connectivity index (χ2n) is 4.66. The molecule has 5 nitrogen and oxygen atoms in total. The summed E-state index contributed by atoms with van der Waals surface area (Å²) < 4.78 is 19.5. The molecule has 0 bridgehead atoms. The van der Waals surface area contributed by atoms with Gasteiger partial charge in [0.15, 0.2) is 6.10 Å². The van der Waals surface area contributed by atoms with Gasteiger partial charge in [-0.05, 0) is 36.8 Å². The maximum absolute atomic E-state index is 13.7. The lowest BCUT2D eigenvalue weighted by molar-refractivity contribution is -0.124. The highest BCUT2D eigenvalue weighted by molar-refractivity contribution is 9.10. The smallest absolute Gasteiger partial charge is 0.340 e. The van der Waals surface area contributed by atoms with Crippen LogP contribution in [0.15, 0.2) is 47.2 Å². The molecule has 0 radical (unpaired) electrons. The first-order valence-electron chi connectivity index (χ1n) is 6.88. The number of amides is 1. The van der Waals surface area contributed by atoms with Crippen molar-refractivity contribution >= 4 is 33.5 Å². The van der Waals surface area contributed by atoms with E-state index in [0.717, 1.165) is 0 Å². The van der Waals surface area contributed by atoms with Gasteiger partial charge in [0, 0.05) is 16.9 Å². The van der Waals surface area contributed by atoms with E-state index in [1.807, 2.05) is 0 Å². The molecule has 0 aliphatic heterocycles. The number of nitrogens with one attached hydrogen (secondary N) is 1. The minimum absolute atomic E-state index is 0.0223. The maximum atomic E-state index is 13.7. The van der Waals surface area contributed by atoms with E-state index in [1.54, 1.807) is 19.1 Å². The predicted molar refractivity (Wildman–Crippen MR) is 86.5 cm³/mol. The Kier molecular flexibility index (Phi) is 5.81. The zero-order valence-corrected chi connectivity index (χ0v) is 13.8. The number of carbonyl (C=O) groups excluding carboxylic acids is 2. The lowest BCUT2D eigenvalue weighted by atomic mass is 10.2. The average molecular weight is 381 g/mol. The van der Waals surface area contributed by atoms with E-state index >= 15 is 0 Å². The average Bonchev–Trinajstić information content (AvgIpc) is 2.55. The Morgan fingerprint density at radius 2 is 2.17 bits per heavy atom. The quantitative estimate of drug-likeness (QED) is 0.805. The Morgan fingerprint density at radius 1 is 1.39 bits per heavy atom. The van der Waals surface area contributed by atoms with Crippen molar-refractivity contribution in [3.05, 3.63) is 58.6 Å². The van der Waals surface area contributed by atoms with Gasteiger partial charge in [-0.25, -0.2) is 9.18 Å². The largest absolute Gasteiger partial charge is 0.449 e. The number of halogens is 2.